The second-order valence-corrected chi connectivity index (χ2v) is 11.2. The summed E-state index contributed by atoms with van der Waals surface area (Å²) in [5, 5.41) is 50.5. The lowest BCUT2D eigenvalue weighted by molar-refractivity contribution is -0.193. The number of anilines is 2. The van der Waals surface area contributed by atoms with Crippen LogP contribution in [0.3, 0.4) is 0 Å². The van der Waals surface area contributed by atoms with Gasteiger partial charge in [0.1, 0.15) is 35.8 Å². The largest absolute Gasteiger partial charge is 0.481 e. The molecule has 47 heavy (non-hydrogen) atoms. The third kappa shape index (κ3) is 7.22. The first-order chi connectivity index (χ1) is 22.4. The van der Waals surface area contributed by atoms with Crippen LogP contribution >= 0.6 is 0 Å². The van der Waals surface area contributed by atoms with Gasteiger partial charge in [-0.25, -0.2) is 9.97 Å². The number of rotatable bonds is 11. The van der Waals surface area contributed by atoms with Crippen LogP contribution in [0.25, 0.3) is 11.0 Å². The molecule has 5 rings (SSSR count). The molecule has 8 N–H and O–H groups in total. The number of nitrogen functional groups attached to an aromatic ring is 1. The molecule has 2 aromatic carbocycles. The van der Waals surface area contributed by atoms with Crippen molar-refractivity contribution < 1.29 is 39.5 Å². The number of amidine groups is 1. The fourth-order valence-corrected chi connectivity index (χ4v) is 5.46. The SMILES string of the molecule is Cn1c(CNc2ccc(C(=N)N)cc2)nc2cc(C(=O)N(CCC(=O)OC3CC(C(=O)O)C(O)C(O)C3O)c3ccccn3)ccc21. The quantitative estimate of drug-likeness (QED) is 0.0687. The molecule has 1 fully saturated rings. The standard InChI is InChI=1S/C32H35N7O8/c1-38-22-10-7-18(14-21(22)37-25(38)16-36-19-8-5-17(6-9-19)30(33)34)31(44)39(24-4-2-3-12-35-24)13-11-26(40)47-23-15-20(32(45)46)27(41)29(43)28(23)42/h2-10,12,14,20,23,27-29,36,41-43H,11,13,15-16H2,1H3,(H3,33,34)(H,45,46). The number of carboxylic acid groups (broad SMARTS) is 1. The summed E-state index contributed by atoms with van der Waals surface area (Å²) in [6.45, 7) is 0.220. The van der Waals surface area contributed by atoms with Crippen LogP contribution in [-0.4, -0.2) is 89.6 Å². The van der Waals surface area contributed by atoms with Crippen molar-refractivity contribution in [1.82, 2.24) is 14.5 Å². The first-order valence-electron chi connectivity index (χ1n) is 14.8. The van der Waals surface area contributed by atoms with E-state index < -0.39 is 54.6 Å². The number of amides is 1. The van der Waals surface area contributed by atoms with Crippen LogP contribution in [0.15, 0.2) is 66.9 Å². The Hall–Kier alpha value is -5.38. The number of esters is 1. The minimum atomic E-state index is -1.81. The molecule has 0 radical (unpaired) electrons. The number of aliphatic hydroxyl groups is 3. The number of aromatic nitrogens is 3. The molecule has 0 saturated heterocycles. The second-order valence-electron chi connectivity index (χ2n) is 11.2. The molecule has 0 spiro atoms. The Labute approximate surface area is 268 Å². The van der Waals surface area contributed by atoms with E-state index in [0.29, 0.717) is 23.4 Å². The van der Waals surface area contributed by atoms with Gasteiger partial charge in [-0.1, -0.05) is 6.07 Å². The van der Waals surface area contributed by atoms with Crippen molar-refractivity contribution >= 4 is 46.2 Å². The van der Waals surface area contributed by atoms with Crippen LogP contribution in [0.1, 0.15) is 34.6 Å². The van der Waals surface area contributed by atoms with E-state index in [9.17, 15) is 34.8 Å². The van der Waals surface area contributed by atoms with E-state index in [1.807, 2.05) is 23.7 Å². The van der Waals surface area contributed by atoms with Crippen LogP contribution in [0, 0.1) is 11.3 Å². The van der Waals surface area contributed by atoms with E-state index in [1.54, 1.807) is 48.5 Å². The predicted octanol–water partition coefficient (Wildman–Crippen LogP) is 1.00. The lowest BCUT2D eigenvalue weighted by atomic mass is 9.81. The molecule has 2 aromatic heterocycles. The number of carbonyl (C=O) groups is 3. The summed E-state index contributed by atoms with van der Waals surface area (Å²) in [6, 6.07) is 17.2. The maximum absolute atomic E-state index is 13.8. The smallest absolute Gasteiger partial charge is 0.309 e. The fourth-order valence-electron chi connectivity index (χ4n) is 5.46. The first kappa shape index (κ1) is 33.0. The number of pyridine rings is 1. The minimum absolute atomic E-state index is 0.0176. The van der Waals surface area contributed by atoms with Crippen molar-refractivity contribution in [1.29, 1.82) is 5.41 Å². The summed E-state index contributed by atoms with van der Waals surface area (Å²) < 4.78 is 7.20. The predicted molar refractivity (Wildman–Crippen MR) is 170 cm³/mol. The van der Waals surface area contributed by atoms with Gasteiger partial charge in [0.15, 0.2) is 0 Å². The van der Waals surface area contributed by atoms with Gasteiger partial charge >= 0.3 is 11.9 Å². The Morgan fingerprint density at radius 3 is 2.43 bits per heavy atom. The average molecular weight is 646 g/mol. The van der Waals surface area contributed by atoms with Crippen LogP contribution in [0.2, 0.25) is 0 Å². The maximum atomic E-state index is 13.8. The Bertz CT molecular complexity index is 1780. The fraction of sp³-hybridized carbons (Fsp3) is 0.312. The molecule has 5 unspecified atom stereocenters. The zero-order valence-corrected chi connectivity index (χ0v) is 25.4. The zero-order valence-electron chi connectivity index (χ0n) is 25.4. The van der Waals surface area contributed by atoms with Gasteiger partial charge in [-0.05, 0) is 54.6 Å². The molecule has 15 heteroatoms. The van der Waals surface area contributed by atoms with Crippen molar-refractivity contribution in [3.8, 4) is 0 Å². The Morgan fingerprint density at radius 2 is 1.77 bits per heavy atom. The van der Waals surface area contributed by atoms with Crippen molar-refractivity contribution in [2.75, 3.05) is 16.8 Å². The van der Waals surface area contributed by atoms with Gasteiger partial charge in [-0.15, -0.1) is 0 Å². The van der Waals surface area contributed by atoms with Gasteiger partial charge < -0.3 is 40.8 Å². The molecule has 1 saturated carbocycles. The highest BCUT2D eigenvalue weighted by Gasteiger charge is 2.47. The maximum Gasteiger partial charge on any atom is 0.309 e. The summed E-state index contributed by atoms with van der Waals surface area (Å²) in [4.78, 5) is 48.4. The summed E-state index contributed by atoms with van der Waals surface area (Å²) in [5.74, 6) is -3.18. The molecular formula is C32H35N7O8. The van der Waals surface area contributed by atoms with Crippen molar-refractivity contribution in [2.24, 2.45) is 18.7 Å². The topological polar surface area (TPSA) is 237 Å². The number of aliphatic carboxylic acids is 1. The lowest BCUT2D eigenvalue weighted by Crippen LogP contribution is -2.56. The molecule has 5 atom stereocenters. The summed E-state index contributed by atoms with van der Waals surface area (Å²) >= 11 is 0. The van der Waals surface area contributed by atoms with Crippen LogP contribution in [0.5, 0.6) is 0 Å². The number of nitrogens with one attached hydrogen (secondary N) is 2. The number of benzene rings is 2. The number of nitrogens with two attached hydrogens (primary N) is 1. The first-order valence-corrected chi connectivity index (χ1v) is 14.8. The number of ether oxygens (including phenoxy) is 1. The molecule has 246 valence electrons. The van der Waals surface area contributed by atoms with E-state index in [1.165, 1.54) is 11.1 Å². The van der Waals surface area contributed by atoms with Crippen molar-refractivity contribution in [3.63, 3.8) is 0 Å². The van der Waals surface area contributed by atoms with E-state index in [0.717, 1.165) is 11.2 Å². The molecule has 1 aliphatic rings. The third-order valence-electron chi connectivity index (χ3n) is 8.16. The Balaban J connectivity index is 1.29. The van der Waals surface area contributed by atoms with Crippen LogP contribution in [0.4, 0.5) is 11.5 Å². The molecule has 15 nitrogen and oxygen atoms in total. The third-order valence-corrected chi connectivity index (χ3v) is 8.16. The highest BCUT2D eigenvalue weighted by Crippen LogP contribution is 2.29. The number of fused-ring (bicyclic) bond motifs is 1. The van der Waals surface area contributed by atoms with Gasteiger partial charge in [0.25, 0.3) is 5.91 Å². The molecule has 4 aromatic rings. The van der Waals surface area contributed by atoms with E-state index >= 15 is 0 Å². The summed E-state index contributed by atoms with van der Waals surface area (Å²) in [6.07, 6.45) is -5.81. The number of carbonyl (C=O) groups excluding carboxylic acids is 2. The number of aryl methyl sites for hydroxylation is 1. The summed E-state index contributed by atoms with van der Waals surface area (Å²) in [7, 11) is 1.86. The monoisotopic (exact) mass is 645 g/mol. The highest BCUT2D eigenvalue weighted by molar-refractivity contribution is 6.07. The number of nitrogens with zero attached hydrogens (tertiary/aromatic N) is 4. The number of imidazole rings is 1. The molecule has 2 heterocycles. The van der Waals surface area contributed by atoms with E-state index in [-0.39, 0.29) is 30.2 Å². The average Bonchev–Trinajstić information content (AvgIpc) is 3.38. The number of hydrogen-bond donors (Lipinski definition) is 7. The lowest BCUT2D eigenvalue weighted by Gasteiger charge is -2.38. The van der Waals surface area contributed by atoms with Crippen LogP contribution in [-0.2, 0) is 27.9 Å². The Kier molecular flexibility index (Phi) is 9.79. The van der Waals surface area contributed by atoms with Gasteiger partial charge in [0.05, 0.1) is 36.0 Å². The minimum Gasteiger partial charge on any atom is -0.481 e. The van der Waals surface area contributed by atoms with E-state index in [4.69, 9.17) is 20.9 Å². The van der Waals surface area contributed by atoms with Gasteiger partial charge in [-0.2, -0.15) is 0 Å². The molecule has 1 aliphatic carbocycles. The van der Waals surface area contributed by atoms with Gasteiger partial charge in [-0.3, -0.25) is 24.7 Å². The summed E-state index contributed by atoms with van der Waals surface area (Å²) in [5.41, 5.74) is 8.61. The number of hydrogen-bond acceptors (Lipinski definition) is 11. The molecule has 1 amide bonds. The van der Waals surface area contributed by atoms with Crippen LogP contribution < -0.4 is 16.0 Å². The number of carboxylic acids is 1. The molecular weight excluding hydrogens is 610 g/mol. The van der Waals surface area contributed by atoms with Crippen molar-refractivity contribution in [3.05, 3.63) is 83.8 Å². The normalized spacial score (nSPS) is 20.8. The zero-order chi connectivity index (χ0) is 33.8. The second kappa shape index (κ2) is 13.9. The van der Waals surface area contributed by atoms with Crippen molar-refractivity contribution in [2.45, 2.75) is 43.8 Å². The molecule has 0 aliphatic heterocycles. The number of aliphatic hydroxyl groups excluding tert-OH is 3. The van der Waals surface area contributed by atoms with Gasteiger partial charge in [0.2, 0.25) is 0 Å². The van der Waals surface area contributed by atoms with Gasteiger partial charge in [0, 0.05) is 43.0 Å². The van der Waals surface area contributed by atoms with E-state index in [2.05, 4.69) is 10.3 Å². The highest BCUT2D eigenvalue weighted by atomic mass is 16.6. The molecule has 0 bridgehead atoms. The Morgan fingerprint density at radius 1 is 1.04 bits per heavy atom.